The molecule has 1 aromatic carbocycles. The van der Waals surface area contributed by atoms with E-state index in [1.165, 1.54) is 0 Å². The van der Waals surface area contributed by atoms with Crippen LogP contribution in [0.15, 0.2) is 24.3 Å². The van der Waals surface area contributed by atoms with Gasteiger partial charge in [-0.05, 0) is 34.7 Å². The van der Waals surface area contributed by atoms with Gasteiger partial charge in [0, 0.05) is 9.45 Å². The summed E-state index contributed by atoms with van der Waals surface area (Å²) in [5, 5.41) is 16.3. The summed E-state index contributed by atoms with van der Waals surface area (Å²) in [4.78, 5) is 10.4. The molecule has 0 radical (unpaired) electrons. The van der Waals surface area contributed by atoms with Crippen molar-refractivity contribution in [2.75, 3.05) is 12.5 Å². The minimum atomic E-state index is -0.870. The largest absolute Gasteiger partial charge is 0.478 e. The van der Waals surface area contributed by atoms with E-state index in [0.29, 0.717) is 11.4 Å². The molecule has 1 aromatic rings. The lowest BCUT2D eigenvalue weighted by molar-refractivity contribution is 0.0695. The number of aliphatic hydroxyl groups excluding tert-OH is 1. The lowest BCUT2D eigenvalue weighted by atomic mass is 10.2. The van der Waals surface area contributed by atoms with Gasteiger partial charge in [-0.25, -0.2) is 4.79 Å². The van der Waals surface area contributed by atoms with Crippen LogP contribution in [0.5, 0.6) is 0 Å². The Kier molecular flexibility index (Phi) is 7.83. The summed E-state index contributed by atoms with van der Waals surface area (Å²) < 4.78 is 0.771. The average Bonchev–Trinajstić information content (AvgIpc) is 2.18. The van der Waals surface area contributed by atoms with E-state index < -0.39 is 5.97 Å². The van der Waals surface area contributed by atoms with Gasteiger partial charge < -0.3 is 10.2 Å². The number of hydrogen-bond donors (Lipinski definition) is 2. The van der Waals surface area contributed by atoms with E-state index in [-0.39, 0.29) is 6.61 Å². The number of alkyl halides is 1. The zero-order valence-electron chi connectivity index (χ0n) is 7.28. The van der Waals surface area contributed by atoms with Crippen molar-refractivity contribution >= 4 is 40.2 Å². The van der Waals surface area contributed by atoms with Crippen molar-refractivity contribution in [3.05, 3.63) is 33.4 Å². The van der Waals surface area contributed by atoms with Crippen LogP contribution in [0.4, 0.5) is 0 Å². The molecule has 0 aliphatic heterocycles. The molecule has 78 valence electrons. The molecule has 3 nitrogen and oxygen atoms in total. The molecular weight excluding hydrogens is 318 g/mol. The van der Waals surface area contributed by atoms with E-state index in [4.69, 9.17) is 21.8 Å². The van der Waals surface area contributed by atoms with Gasteiger partial charge in [0.05, 0.1) is 12.2 Å². The van der Waals surface area contributed by atoms with Crippen molar-refractivity contribution in [3.8, 4) is 0 Å². The van der Waals surface area contributed by atoms with Gasteiger partial charge in [0.25, 0.3) is 0 Å². The number of benzene rings is 1. The molecule has 0 fully saturated rings. The van der Waals surface area contributed by atoms with Gasteiger partial charge in [-0.2, -0.15) is 0 Å². The van der Waals surface area contributed by atoms with E-state index in [1.54, 1.807) is 18.2 Å². The standard InChI is InChI=1S/C7H5IO2.C2H5ClO/c8-6-4-2-1-3-5(6)7(9)10;3-1-2-4/h1-4H,(H,9,10);4H,1-2H2. The van der Waals surface area contributed by atoms with Gasteiger partial charge in [0.2, 0.25) is 0 Å². The predicted octanol–water partition coefficient (Wildman–Crippen LogP) is 2.21. The monoisotopic (exact) mass is 328 g/mol. The lowest BCUT2D eigenvalue weighted by Crippen LogP contribution is -1.97. The van der Waals surface area contributed by atoms with Crippen LogP contribution in [0, 0.1) is 3.57 Å². The normalized spacial score (nSPS) is 8.79. The van der Waals surface area contributed by atoms with Crippen molar-refractivity contribution in [3.63, 3.8) is 0 Å². The molecule has 2 N–H and O–H groups in total. The molecule has 14 heavy (non-hydrogen) atoms. The fourth-order valence-electron chi connectivity index (χ4n) is 0.635. The zero-order chi connectivity index (χ0) is 11.0. The number of aliphatic hydroxyl groups is 1. The third-order valence-corrected chi connectivity index (χ3v) is 2.30. The minimum Gasteiger partial charge on any atom is -0.478 e. The van der Waals surface area contributed by atoms with Gasteiger partial charge in [-0.1, -0.05) is 12.1 Å². The maximum Gasteiger partial charge on any atom is 0.336 e. The Morgan fingerprint density at radius 2 is 1.93 bits per heavy atom. The van der Waals surface area contributed by atoms with E-state index in [1.807, 2.05) is 28.7 Å². The zero-order valence-corrected chi connectivity index (χ0v) is 10.2. The fraction of sp³-hybridized carbons (Fsp3) is 0.222. The third kappa shape index (κ3) is 5.41. The van der Waals surface area contributed by atoms with Crippen LogP contribution in [-0.2, 0) is 0 Å². The maximum atomic E-state index is 10.4. The second-order valence-electron chi connectivity index (χ2n) is 2.20. The summed E-state index contributed by atoms with van der Waals surface area (Å²) >= 11 is 6.93. The minimum absolute atomic E-state index is 0.0849. The summed E-state index contributed by atoms with van der Waals surface area (Å²) in [6, 6.07) is 6.88. The average molecular weight is 329 g/mol. The van der Waals surface area contributed by atoms with Gasteiger partial charge in [-0.15, -0.1) is 11.6 Å². The topological polar surface area (TPSA) is 57.5 Å². The van der Waals surface area contributed by atoms with Crippen LogP contribution in [-0.4, -0.2) is 28.7 Å². The lowest BCUT2D eigenvalue weighted by Gasteiger charge is -1.94. The second kappa shape index (κ2) is 8.02. The van der Waals surface area contributed by atoms with Gasteiger partial charge >= 0.3 is 5.97 Å². The molecule has 0 bridgehead atoms. The number of hydrogen-bond acceptors (Lipinski definition) is 2. The highest BCUT2D eigenvalue weighted by atomic mass is 127. The van der Waals surface area contributed by atoms with Crippen molar-refractivity contribution in [1.29, 1.82) is 0 Å². The molecule has 0 saturated carbocycles. The molecule has 0 spiro atoms. The van der Waals surface area contributed by atoms with Gasteiger partial charge in [-0.3, -0.25) is 0 Å². The Morgan fingerprint density at radius 1 is 1.43 bits per heavy atom. The SMILES string of the molecule is O=C(O)c1ccccc1I.OCCCl. The molecule has 0 aliphatic rings. The first kappa shape index (κ1) is 13.7. The molecule has 0 amide bonds. The molecule has 0 heterocycles. The number of rotatable bonds is 2. The highest BCUT2D eigenvalue weighted by Crippen LogP contribution is 2.10. The Bertz CT molecular complexity index is 289. The molecule has 0 unspecified atom stereocenters. The highest BCUT2D eigenvalue weighted by molar-refractivity contribution is 14.1. The Hall–Kier alpha value is -0.330. The molecule has 0 aliphatic carbocycles. The van der Waals surface area contributed by atoms with Crippen LogP contribution in [0.25, 0.3) is 0 Å². The quantitative estimate of drug-likeness (QED) is 0.646. The number of aromatic carboxylic acids is 1. The number of carboxylic acid groups (broad SMARTS) is 1. The highest BCUT2D eigenvalue weighted by Gasteiger charge is 2.04. The van der Waals surface area contributed by atoms with Gasteiger partial charge in [0.15, 0.2) is 0 Å². The number of carboxylic acids is 1. The molecule has 0 aromatic heterocycles. The van der Waals surface area contributed by atoms with E-state index in [2.05, 4.69) is 0 Å². The van der Waals surface area contributed by atoms with E-state index >= 15 is 0 Å². The number of halogens is 2. The Balaban J connectivity index is 0.000000364. The van der Waals surface area contributed by atoms with Crippen molar-refractivity contribution in [1.82, 2.24) is 0 Å². The van der Waals surface area contributed by atoms with E-state index in [9.17, 15) is 4.79 Å². The maximum absolute atomic E-state index is 10.4. The van der Waals surface area contributed by atoms with Crippen LogP contribution in [0.2, 0.25) is 0 Å². The summed E-state index contributed by atoms with van der Waals surface area (Å²) in [6.07, 6.45) is 0. The first-order chi connectivity index (χ1) is 6.63. The summed E-state index contributed by atoms with van der Waals surface area (Å²) in [5.41, 5.74) is 0.364. The fourth-order valence-corrected chi connectivity index (χ4v) is 1.25. The van der Waals surface area contributed by atoms with Crippen LogP contribution < -0.4 is 0 Å². The molecule has 0 saturated heterocycles. The Labute approximate surface area is 101 Å². The van der Waals surface area contributed by atoms with Crippen molar-refractivity contribution < 1.29 is 15.0 Å². The summed E-state index contributed by atoms with van der Waals surface area (Å²) in [7, 11) is 0. The Morgan fingerprint density at radius 3 is 2.21 bits per heavy atom. The van der Waals surface area contributed by atoms with Crippen LogP contribution in [0.3, 0.4) is 0 Å². The van der Waals surface area contributed by atoms with Gasteiger partial charge in [0.1, 0.15) is 0 Å². The third-order valence-electron chi connectivity index (χ3n) is 1.19. The second-order valence-corrected chi connectivity index (χ2v) is 3.74. The van der Waals surface area contributed by atoms with E-state index in [0.717, 1.165) is 3.57 Å². The molecule has 0 atom stereocenters. The van der Waals surface area contributed by atoms with Crippen molar-refractivity contribution in [2.45, 2.75) is 0 Å². The molecular formula is C9H10ClIO3. The summed E-state index contributed by atoms with van der Waals surface area (Å²) in [5.74, 6) is -0.523. The first-order valence-electron chi connectivity index (χ1n) is 3.78. The number of carbonyl (C=O) groups is 1. The smallest absolute Gasteiger partial charge is 0.336 e. The van der Waals surface area contributed by atoms with Crippen molar-refractivity contribution in [2.24, 2.45) is 0 Å². The molecule has 5 heteroatoms. The van der Waals surface area contributed by atoms with Crippen LogP contribution >= 0.6 is 34.2 Å². The predicted molar refractivity (Wildman–Crippen MR) is 63.9 cm³/mol. The first-order valence-corrected chi connectivity index (χ1v) is 5.39. The summed E-state index contributed by atoms with van der Waals surface area (Å²) in [6.45, 7) is 0.0849. The molecule has 1 rings (SSSR count). The van der Waals surface area contributed by atoms with Crippen LogP contribution in [0.1, 0.15) is 10.4 Å².